The Morgan fingerprint density at radius 1 is 1.31 bits per heavy atom. The summed E-state index contributed by atoms with van der Waals surface area (Å²) in [4.78, 5) is 25.6. The van der Waals surface area contributed by atoms with Crippen LogP contribution in [0.5, 0.6) is 5.75 Å². The largest absolute Gasteiger partial charge is 0.488 e. The maximum Gasteiger partial charge on any atom is 0.254 e. The average molecular weight is 372 g/mol. The van der Waals surface area contributed by atoms with Gasteiger partial charge in [0.2, 0.25) is 5.91 Å². The number of likely N-dealkylation sites (tertiary alicyclic amines) is 1. The van der Waals surface area contributed by atoms with E-state index in [0.717, 1.165) is 17.7 Å². The van der Waals surface area contributed by atoms with Gasteiger partial charge in [-0.3, -0.25) is 9.59 Å². The smallest absolute Gasteiger partial charge is 0.254 e. The molecule has 136 valence electrons. The molecule has 2 N–H and O–H groups in total. The third kappa shape index (κ3) is 3.45. The Hall–Kier alpha value is -2.38. The van der Waals surface area contributed by atoms with E-state index in [1.807, 2.05) is 29.0 Å². The highest BCUT2D eigenvalue weighted by Crippen LogP contribution is 2.29. The van der Waals surface area contributed by atoms with Crippen LogP contribution in [0, 0.1) is 0 Å². The molecule has 0 spiro atoms. The van der Waals surface area contributed by atoms with Crippen molar-refractivity contribution in [3.63, 3.8) is 0 Å². The second kappa shape index (κ2) is 7.09. The number of rotatable bonds is 3. The number of amides is 2. The van der Waals surface area contributed by atoms with Gasteiger partial charge in [0, 0.05) is 36.5 Å². The second-order valence-electron chi connectivity index (χ2n) is 6.64. The van der Waals surface area contributed by atoms with Gasteiger partial charge in [0.1, 0.15) is 18.0 Å². The fourth-order valence-corrected chi connectivity index (χ4v) is 4.03. The van der Waals surface area contributed by atoms with Gasteiger partial charge in [0.05, 0.1) is 12.1 Å². The van der Waals surface area contributed by atoms with E-state index in [-0.39, 0.29) is 24.5 Å². The van der Waals surface area contributed by atoms with E-state index < -0.39 is 6.10 Å². The lowest BCUT2D eigenvalue weighted by Crippen LogP contribution is -2.50. The minimum atomic E-state index is -0.753. The Balaban J connectivity index is 1.40. The Bertz CT molecular complexity index is 821. The summed E-state index contributed by atoms with van der Waals surface area (Å²) in [5.74, 6) is 0.572. The van der Waals surface area contributed by atoms with Gasteiger partial charge in [-0.2, -0.15) is 11.3 Å². The molecule has 2 aliphatic rings. The van der Waals surface area contributed by atoms with Gasteiger partial charge < -0.3 is 20.1 Å². The molecule has 2 aliphatic heterocycles. The molecule has 1 saturated heterocycles. The van der Waals surface area contributed by atoms with Crippen molar-refractivity contribution in [2.45, 2.75) is 31.5 Å². The molecule has 7 heteroatoms. The highest BCUT2D eigenvalue weighted by Gasteiger charge is 2.32. The number of thiophene rings is 1. The molecule has 26 heavy (non-hydrogen) atoms. The van der Waals surface area contributed by atoms with E-state index in [1.54, 1.807) is 11.0 Å². The molecular formula is C19H20N2O4S. The fraction of sp³-hybridized carbons (Fsp3) is 0.368. The van der Waals surface area contributed by atoms with Gasteiger partial charge in [-0.05, 0) is 29.5 Å². The molecule has 2 aromatic rings. The number of carbonyl (C=O) groups excluding carboxylic acids is 2. The first-order chi connectivity index (χ1) is 12.6. The zero-order valence-corrected chi connectivity index (χ0v) is 15.0. The minimum absolute atomic E-state index is 0.00920. The zero-order chi connectivity index (χ0) is 18.1. The van der Waals surface area contributed by atoms with Crippen LogP contribution < -0.4 is 10.1 Å². The fourth-order valence-electron chi connectivity index (χ4n) is 3.40. The van der Waals surface area contributed by atoms with Crippen LogP contribution in [0.4, 0.5) is 5.69 Å². The van der Waals surface area contributed by atoms with Crippen molar-refractivity contribution < 1.29 is 19.4 Å². The molecule has 1 fully saturated rings. The number of benzene rings is 1. The second-order valence-corrected chi connectivity index (χ2v) is 7.42. The molecule has 1 aromatic heterocycles. The quantitative estimate of drug-likeness (QED) is 0.866. The van der Waals surface area contributed by atoms with Crippen LogP contribution in [0.2, 0.25) is 0 Å². The first-order valence-corrected chi connectivity index (χ1v) is 9.63. The normalized spacial score (nSPS) is 22.5. The number of hydrogen-bond donors (Lipinski definition) is 2. The number of nitrogens with one attached hydrogen (secondary N) is 1. The Labute approximate surface area is 155 Å². The maximum atomic E-state index is 12.4. The maximum absolute atomic E-state index is 12.4. The highest BCUT2D eigenvalue weighted by atomic mass is 32.1. The summed E-state index contributed by atoms with van der Waals surface area (Å²) in [5, 5.41) is 17.0. The summed E-state index contributed by atoms with van der Waals surface area (Å²) in [6.45, 7) is 0.791. The molecule has 6 nitrogen and oxygen atoms in total. The third-order valence-corrected chi connectivity index (χ3v) is 5.52. The topological polar surface area (TPSA) is 78.9 Å². The average Bonchev–Trinajstić information content (AvgIpc) is 3.17. The predicted molar refractivity (Wildman–Crippen MR) is 98.7 cm³/mol. The Morgan fingerprint density at radius 2 is 2.19 bits per heavy atom. The predicted octanol–water partition coefficient (Wildman–Crippen LogP) is 2.29. The van der Waals surface area contributed by atoms with Crippen molar-refractivity contribution in [3.8, 4) is 5.75 Å². The van der Waals surface area contributed by atoms with Gasteiger partial charge in [0.15, 0.2) is 0 Å². The summed E-state index contributed by atoms with van der Waals surface area (Å²) in [6.07, 6.45) is 0.659. The van der Waals surface area contributed by atoms with Crippen LogP contribution >= 0.6 is 11.3 Å². The van der Waals surface area contributed by atoms with Crippen LogP contribution in [-0.2, 0) is 11.2 Å². The van der Waals surface area contributed by atoms with Gasteiger partial charge in [-0.1, -0.05) is 6.07 Å². The molecule has 0 radical (unpaired) electrons. The summed E-state index contributed by atoms with van der Waals surface area (Å²) in [7, 11) is 0. The summed E-state index contributed by atoms with van der Waals surface area (Å²) in [5.41, 5.74) is 2.53. The number of nitrogens with zero attached hydrogens (tertiary/aromatic N) is 1. The molecule has 2 atom stereocenters. The van der Waals surface area contributed by atoms with Gasteiger partial charge in [0.25, 0.3) is 5.91 Å². The van der Waals surface area contributed by atoms with Crippen LogP contribution in [0.3, 0.4) is 0 Å². The van der Waals surface area contributed by atoms with E-state index in [4.69, 9.17) is 4.74 Å². The molecule has 1 aromatic carbocycles. The van der Waals surface area contributed by atoms with Crippen LogP contribution in [0.1, 0.15) is 28.8 Å². The zero-order valence-electron chi connectivity index (χ0n) is 14.2. The molecular weight excluding hydrogens is 352 g/mol. The van der Waals surface area contributed by atoms with Crippen molar-refractivity contribution in [1.82, 2.24) is 4.90 Å². The van der Waals surface area contributed by atoms with Crippen molar-refractivity contribution in [2.24, 2.45) is 0 Å². The number of piperidine rings is 1. The van der Waals surface area contributed by atoms with Crippen LogP contribution in [-0.4, -0.2) is 47.1 Å². The number of aryl methyl sites for hydroxylation is 1. The number of aliphatic hydroxyl groups is 1. The number of carbonyl (C=O) groups is 2. The number of β-amino-alcohol motifs (C(OH)–C–C–N with tert-alkyl or cyclic N) is 1. The van der Waals surface area contributed by atoms with Crippen LogP contribution in [0.15, 0.2) is 35.0 Å². The lowest BCUT2D eigenvalue weighted by atomic mass is 10.0. The van der Waals surface area contributed by atoms with Gasteiger partial charge in [-0.15, -0.1) is 0 Å². The number of ether oxygens (including phenoxy) is 1. The molecule has 0 saturated carbocycles. The molecule has 0 aliphatic carbocycles. The summed E-state index contributed by atoms with van der Waals surface area (Å²) >= 11 is 1.48. The first-order valence-electron chi connectivity index (χ1n) is 8.69. The SMILES string of the molecule is O=C1CCc2ccc(O[C@@H]3CCN(C(=O)c4ccsc4)C[C@H]3O)cc2N1. The van der Waals surface area contributed by atoms with Crippen molar-refractivity contribution in [1.29, 1.82) is 0 Å². The lowest BCUT2D eigenvalue weighted by Gasteiger charge is -2.36. The number of anilines is 1. The summed E-state index contributed by atoms with van der Waals surface area (Å²) in [6, 6.07) is 7.42. The van der Waals surface area contributed by atoms with E-state index in [2.05, 4.69) is 5.32 Å². The Kier molecular flexibility index (Phi) is 4.65. The van der Waals surface area contributed by atoms with Crippen LogP contribution in [0.25, 0.3) is 0 Å². The number of hydrogen-bond acceptors (Lipinski definition) is 5. The lowest BCUT2D eigenvalue weighted by molar-refractivity contribution is -0.116. The van der Waals surface area contributed by atoms with E-state index >= 15 is 0 Å². The molecule has 0 bridgehead atoms. The molecule has 0 unspecified atom stereocenters. The van der Waals surface area contributed by atoms with E-state index in [1.165, 1.54) is 11.3 Å². The molecule has 3 heterocycles. The Morgan fingerprint density at radius 3 is 2.96 bits per heavy atom. The standard InChI is InChI=1S/C19H20N2O4S/c22-16-10-21(19(24)13-6-8-26-11-13)7-5-17(16)25-14-3-1-12-2-4-18(23)20-15(12)9-14/h1,3,6,8-9,11,16-17,22H,2,4-5,7,10H2,(H,20,23)/t16-,17-/m1/s1. The van der Waals surface area contributed by atoms with E-state index in [0.29, 0.717) is 30.7 Å². The highest BCUT2D eigenvalue weighted by molar-refractivity contribution is 7.08. The van der Waals surface area contributed by atoms with Crippen molar-refractivity contribution >= 4 is 28.8 Å². The van der Waals surface area contributed by atoms with Crippen molar-refractivity contribution in [2.75, 3.05) is 18.4 Å². The number of aliphatic hydroxyl groups excluding tert-OH is 1. The minimum Gasteiger partial charge on any atom is -0.488 e. The summed E-state index contributed by atoms with van der Waals surface area (Å²) < 4.78 is 5.95. The molecule has 2 amide bonds. The van der Waals surface area contributed by atoms with E-state index in [9.17, 15) is 14.7 Å². The van der Waals surface area contributed by atoms with Crippen molar-refractivity contribution in [3.05, 3.63) is 46.2 Å². The van der Waals surface area contributed by atoms with Gasteiger partial charge in [-0.25, -0.2) is 0 Å². The van der Waals surface area contributed by atoms with Gasteiger partial charge >= 0.3 is 0 Å². The first kappa shape index (κ1) is 17.1. The number of fused-ring (bicyclic) bond motifs is 1. The third-order valence-electron chi connectivity index (χ3n) is 4.84. The monoisotopic (exact) mass is 372 g/mol. The molecule has 4 rings (SSSR count).